The Morgan fingerprint density at radius 2 is 1.74 bits per heavy atom. The summed E-state index contributed by atoms with van der Waals surface area (Å²) in [5.41, 5.74) is 3.04. The van der Waals surface area contributed by atoms with Gasteiger partial charge < -0.3 is 9.64 Å². The van der Waals surface area contributed by atoms with E-state index in [2.05, 4.69) is 6.58 Å². The third-order valence-electron chi connectivity index (χ3n) is 3.99. The fourth-order valence-corrected chi connectivity index (χ4v) is 2.61. The molecule has 140 valence electrons. The average molecular weight is 363 g/mol. The molecule has 0 fully saturated rings. The van der Waals surface area contributed by atoms with Crippen molar-refractivity contribution in [2.75, 3.05) is 20.7 Å². The Morgan fingerprint density at radius 3 is 2.33 bits per heavy atom. The van der Waals surface area contributed by atoms with E-state index >= 15 is 0 Å². The summed E-state index contributed by atoms with van der Waals surface area (Å²) in [4.78, 5) is 25.9. The second-order valence-corrected chi connectivity index (χ2v) is 6.27. The molecule has 0 spiro atoms. The first-order chi connectivity index (χ1) is 13.0. The molecule has 2 aromatic rings. The summed E-state index contributed by atoms with van der Waals surface area (Å²) in [6.45, 7) is 6.23. The lowest BCUT2D eigenvalue weighted by atomic mass is 10.0. The van der Waals surface area contributed by atoms with Crippen molar-refractivity contribution in [2.24, 2.45) is 0 Å². The fourth-order valence-electron chi connectivity index (χ4n) is 2.61. The molecule has 0 atom stereocenters. The zero-order valence-corrected chi connectivity index (χ0v) is 16.1. The molecule has 0 saturated carbocycles. The van der Waals surface area contributed by atoms with E-state index in [1.165, 1.54) is 11.0 Å². The molecule has 0 unspecified atom stereocenters. The van der Waals surface area contributed by atoms with Gasteiger partial charge >= 0.3 is 0 Å². The van der Waals surface area contributed by atoms with Gasteiger partial charge in [0.15, 0.2) is 5.78 Å². The number of hydrogen-bond acceptors (Lipinski definition) is 3. The summed E-state index contributed by atoms with van der Waals surface area (Å²) in [6, 6.07) is 12.6. The van der Waals surface area contributed by atoms with E-state index in [0.29, 0.717) is 17.7 Å². The maximum absolute atomic E-state index is 12.5. The first kappa shape index (κ1) is 20.2. The van der Waals surface area contributed by atoms with Crippen LogP contribution in [0.2, 0.25) is 0 Å². The molecule has 1 amide bonds. The minimum absolute atomic E-state index is 0.0927. The molecule has 0 heterocycles. The minimum atomic E-state index is -0.129. The van der Waals surface area contributed by atoms with Gasteiger partial charge in [-0.25, -0.2) is 0 Å². The third-order valence-corrected chi connectivity index (χ3v) is 3.99. The highest BCUT2D eigenvalue weighted by atomic mass is 16.5. The van der Waals surface area contributed by atoms with Crippen molar-refractivity contribution in [2.45, 2.75) is 13.3 Å². The summed E-state index contributed by atoms with van der Waals surface area (Å²) in [5.74, 6) is 0.515. The van der Waals surface area contributed by atoms with Gasteiger partial charge in [0, 0.05) is 30.8 Å². The van der Waals surface area contributed by atoms with Crippen LogP contribution < -0.4 is 4.74 Å². The minimum Gasteiger partial charge on any atom is -0.493 e. The molecule has 0 aromatic heterocycles. The van der Waals surface area contributed by atoms with Crippen LogP contribution in [-0.2, 0) is 6.42 Å². The second kappa shape index (κ2) is 9.53. The molecule has 0 N–H and O–H groups in total. The number of amides is 1. The topological polar surface area (TPSA) is 46.6 Å². The molecule has 0 saturated heterocycles. The highest BCUT2D eigenvalue weighted by Crippen LogP contribution is 2.23. The first-order valence-corrected chi connectivity index (χ1v) is 8.87. The Kier molecular flexibility index (Phi) is 7.12. The lowest BCUT2D eigenvalue weighted by Crippen LogP contribution is -2.21. The number of carbonyl (C=O) groups is 2. The molecular weight excluding hydrogens is 338 g/mol. The van der Waals surface area contributed by atoms with Crippen molar-refractivity contribution in [1.29, 1.82) is 0 Å². The van der Waals surface area contributed by atoms with Crippen molar-refractivity contribution in [1.82, 2.24) is 4.90 Å². The summed E-state index contributed by atoms with van der Waals surface area (Å²) in [6.07, 6.45) is 5.88. The van der Waals surface area contributed by atoms with Gasteiger partial charge in [0.25, 0.3) is 5.91 Å². The first-order valence-electron chi connectivity index (χ1n) is 8.87. The number of allylic oxidation sites excluding steroid dienone is 2. The van der Waals surface area contributed by atoms with E-state index in [1.807, 2.05) is 31.2 Å². The molecule has 0 radical (unpaired) electrons. The highest BCUT2D eigenvalue weighted by molar-refractivity contribution is 6.07. The van der Waals surface area contributed by atoms with Gasteiger partial charge in [-0.05, 0) is 55.3 Å². The lowest BCUT2D eigenvalue weighted by molar-refractivity contribution is 0.0827. The van der Waals surface area contributed by atoms with E-state index in [9.17, 15) is 9.59 Å². The average Bonchev–Trinajstić information content (AvgIpc) is 2.67. The largest absolute Gasteiger partial charge is 0.493 e. The molecular formula is C23H25NO3. The monoisotopic (exact) mass is 363 g/mol. The number of carbonyl (C=O) groups excluding carboxylic acids is 2. The maximum Gasteiger partial charge on any atom is 0.253 e. The molecule has 27 heavy (non-hydrogen) atoms. The van der Waals surface area contributed by atoms with Gasteiger partial charge in [-0.1, -0.05) is 24.3 Å². The zero-order chi connectivity index (χ0) is 19.8. The van der Waals surface area contributed by atoms with Crippen molar-refractivity contribution in [3.63, 3.8) is 0 Å². The van der Waals surface area contributed by atoms with E-state index in [-0.39, 0.29) is 11.7 Å². The van der Waals surface area contributed by atoms with Gasteiger partial charge in [-0.3, -0.25) is 9.59 Å². The standard InChI is InChI=1S/C23H25NO3/c1-5-7-17-8-15-22(27-6-2)20(16-17)13-14-21(25)18-9-11-19(12-10-18)23(26)24(3)4/h5,8-16H,1,6-7H2,2-4H3/b14-13+. The van der Waals surface area contributed by atoms with Crippen LogP contribution in [0.3, 0.4) is 0 Å². The predicted octanol–water partition coefficient (Wildman–Crippen LogP) is 4.41. The Bertz CT molecular complexity index is 848. The molecule has 0 aliphatic carbocycles. The Balaban J connectivity index is 2.21. The summed E-state index contributed by atoms with van der Waals surface area (Å²) in [5, 5.41) is 0. The molecule has 2 rings (SSSR count). The quantitative estimate of drug-likeness (QED) is 0.396. The Morgan fingerprint density at radius 1 is 1.07 bits per heavy atom. The SMILES string of the molecule is C=CCc1ccc(OCC)c(/C=C/C(=O)c2ccc(C(=O)N(C)C)cc2)c1. The van der Waals surface area contributed by atoms with E-state index in [4.69, 9.17) is 4.74 Å². The number of ketones is 1. The van der Waals surface area contributed by atoms with Crippen LogP contribution in [0.5, 0.6) is 5.75 Å². The second-order valence-electron chi connectivity index (χ2n) is 6.27. The summed E-state index contributed by atoms with van der Waals surface area (Å²) >= 11 is 0. The van der Waals surface area contributed by atoms with E-state index in [1.54, 1.807) is 44.4 Å². The predicted molar refractivity (Wildman–Crippen MR) is 109 cm³/mol. The summed E-state index contributed by atoms with van der Waals surface area (Å²) in [7, 11) is 3.39. The molecule has 2 aromatic carbocycles. The van der Waals surface area contributed by atoms with Gasteiger partial charge in [-0.15, -0.1) is 6.58 Å². The third kappa shape index (κ3) is 5.42. The fraction of sp³-hybridized carbons (Fsp3) is 0.217. The van der Waals surface area contributed by atoms with Crippen LogP contribution in [0.15, 0.2) is 61.2 Å². The van der Waals surface area contributed by atoms with Crippen molar-refractivity contribution >= 4 is 17.8 Å². The van der Waals surface area contributed by atoms with Gasteiger partial charge in [0.1, 0.15) is 5.75 Å². The highest BCUT2D eigenvalue weighted by Gasteiger charge is 2.09. The Labute approximate surface area is 160 Å². The smallest absolute Gasteiger partial charge is 0.253 e. The molecule has 4 heteroatoms. The van der Waals surface area contributed by atoms with Crippen LogP contribution >= 0.6 is 0 Å². The number of nitrogens with zero attached hydrogens (tertiary/aromatic N) is 1. The van der Waals surface area contributed by atoms with E-state index in [0.717, 1.165) is 23.3 Å². The van der Waals surface area contributed by atoms with Gasteiger partial charge in [0.05, 0.1) is 6.61 Å². The van der Waals surface area contributed by atoms with Crippen LogP contribution in [0.25, 0.3) is 6.08 Å². The zero-order valence-electron chi connectivity index (χ0n) is 16.1. The lowest BCUT2D eigenvalue weighted by Gasteiger charge is -2.10. The molecule has 0 bridgehead atoms. The molecule has 4 nitrogen and oxygen atoms in total. The van der Waals surface area contributed by atoms with Crippen LogP contribution in [0.4, 0.5) is 0 Å². The maximum atomic E-state index is 12.5. The number of benzene rings is 2. The van der Waals surface area contributed by atoms with Crippen molar-refractivity contribution in [3.8, 4) is 5.75 Å². The van der Waals surface area contributed by atoms with Crippen molar-refractivity contribution in [3.05, 3.63) is 83.4 Å². The van der Waals surface area contributed by atoms with E-state index < -0.39 is 0 Å². The Hall–Kier alpha value is -3.14. The van der Waals surface area contributed by atoms with Crippen molar-refractivity contribution < 1.29 is 14.3 Å². The van der Waals surface area contributed by atoms with Crippen LogP contribution in [0, 0.1) is 0 Å². The van der Waals surface area contributed by atoms with Crippen LogP contribution in [-0.4, -0.2) is 37.3 Å². The van der Waals surface area contributed by atoms with Gasteiger partial charge in [0.2, 0.25) is 0 Å². The molecule has 0 aliphatic heterocycles. The normalized spacial score (nSPS) is 10.6. The van der Waals surface area contributed by atoms with Crippen LogP contribution in [0.1, 0.15) is 38.8 Å². The summed E-state index contributed by atoms with van der Waals surface area (Å²) < 4.78 is 5.64. The molecule has 0 aliphatic rings. The van der Waals surface area contributed by atoms with Gasteiger partial charge in [-0.2, -0.15) is 0 Å². The number of ether oxygens (including phenoxy) is 1. The number of hydrogen-bond donors (Lipinski definition) is 0. The number of rotatable bonds is 8.